The van der Waals surface area contributed by atoms with Gasteiger partial charge in [-0.1, -0.05) is 19.8 Å². The zero-order valence-electron chi connectivity index (χ0n) is 8.77. The molecule has 4 heteroatoms. The van der Waals surface area contributed by atoms with E-state index in [9.17, 15) is 9.59 Å². The Morgan fingerprint density at radius 1 is 1.47 bits per heavy atom. The number of carboxylic acid groups (broad SMARTS) is 1. The quantitative estimate of drug-likeness (QED) is 0.751. The topological polar surface area (TPSA) is 59.3 Å². The Kier molecular flexibility index (Phi) is 4.09. The lowest BCUT2D eigenvalue weighted by Crippen LogP contribution is -2.16. The summed E-state index contributed by atoms with van der Waals surface area (Å²) in [6, 6.07) is 1.30. The molecule has 1 heterocycles. The van der Waals surface area contributed by atoms with Gasteiger partial charge in [0.2, 0.25) is 0 Å². The molecule has 0 unspecified atom stereocenters. The Labute approximate surface area is 88.2 Å². The van der Waals surface area contributed by atoms with Crippen molar-refractivity contribution in [1.82, 2.24) is 4.57 Å². The van der Waals surface area contributed by atoms with Gasteiger partial charge in [0.25, 0.3) is 0 Å². The van der Waals surface area contributed by atoms with Crippen LogP contribution in [0.4, 0.5) is 0 Å². The first-order chi connectivity index (χ1) is 7.15. The Hall–Kier alpha value is -1.58. The number of pyridine rings is 1. The molecule has 0 aliphatic heterocycles. The van der Waals surface area contributed by atoms with Crippen molar-refractivity contribution >= 4 is 5.97 Å². The van der Waals surface area contributed by atoms with E-state index in [1.165, 1.54) is 12.3 Å². The van der Waals surface area contributed by atoms with Crippen molar-refractivity contribution < 1.29 is 9.90 Å². The summed E-state index contributed by atoms with van der Waals surface area (Å²) in [5, 5.41) is 8.75. The molecule has 0 amide bonds. The maximum absolute atomic E-state index is 11.1. The molecule has 4 nitrogen and oxygen atoms in total. The molecule has 82 valence electrons. The zero-order valence-corrected chi connectivity index (χ0v) is 8.77. The number of nitrogens with zero attached hydrogens (tertiary/aromatic N) is 1. The molecule has 0 bridgehead atoms. The highest BCUT2D eigenvalue weighted by atomic mass is 16.4. The van der Waals surface area contributed by atoms with Gasteiger partial charge in [-0.05, 0) is 6.42 Å². The van der Waals surface area contributed by atoms with Gasteiger partial charge in [-0.25, -0.2) is 4.79 Å². The van der Waals surface area contributed by atoms with Gasteiger partial charge in [-0.2, -0.15) is 0 Å². The van der Waals surface area contributed by atoms with Crippen molar-refractivity contribution in [3.05, 3.63) is 34.2 Å². The predicted octanol–water partition coefficient (Wildman–Crippen LogP) is 1.74. The second-order valence-electron chi connectivity index (χ2n) is 3.47. The van der Waals surface area contributed by atoms with Gasteiger partial charge in [0, 0.05) is 25.0 Å². The fourth-order valence-electron chi connectivity index (χ4n) is 1.37. The van der Waals surface area contributed by atoms with Crippen LogP contribution in [-0.4, -0.2) is 15.6 Å². The van der Waals surface area contributed by atoms with Crippen molar-refractivity contribution in [3.8, 4) is 0 Å². The summed E-state index contributed by atoms with van der Waals surface area (Å²) >= 11 is 0. The van der Waals surface area contributed by atoms with Gasteiger partial charge in [0.1, 0.15) is 5.56 Å². The van der Waals surface area contributed by atoms with E-state index < -0.39 is 11.4 Å². The van der Waals surface area contributed by atoms with Crippen molar-refractivity contribution in [1.29, 1.82) is 0 Å². The second-order valence-corrected chi connectivity index (χ2v) is 3.47. The molecular formula is C11H15NO3. The number of rotatable bonds is 5. The van der Waals surface area contributed by atoms with Crippen LogP contribution >= 0.6 is 0 Å². The maximum Gasteiger partial charge on any atom is 0.341 e. The van der Waals surface area contributed by atoms with Crippen LogP contribution in [0.3, 0.4) is 0 Å². The monoisotopic (exact) mass is 209 g/mol. The van der Waals surface area contributed by atoms with Crippen LogP contribution in [0.5, 0.6) is 0 Å². The lowest BCUT2D eigenvalue weighted by atomic mass is 10.2. The number of carboxylic acids is 1. The predicted molar refractivity (Wildman–Crippen MR) is 57.2 cm³/mol. The normalized spacial score (nSPS) is 10.2. The van der Waals surface area contributed by atoms with Gasteiger partial charge in [0.15, 0.2) is 5.43 Å². The van der Waals surface area contributed by atoms with Gasteiger partial charge >= 0.3 is 5.97 Å². The molecular weight excluding hydrogens is 194 g/mol. The number of carbonyl (C=O) groups is 1. The minimum Gasteiger partial charge on any atom is -0.477 e. The number of aryl methyl sites for hydroxylation is 1. The van der Waals surface area contributed by atoms with Gasteiger partial charge in [-0.3, -0.25) is 4.79 Å². The van der Waals surface area contributed by atoms with Crippen LogP contribution in [0, 0.1) is 0 Å². The molecule has 1 aromatic heterocycles. The Morgan fingerprint density at radius 3 is 2.80 bits per heavy atom. The first-order valence-electron chi connectivity index (χ1n) is 5.08. The average molecular weight is 209 g/mol. The summed E-state index contributed by atoms with van der Waals surface area (Å²) < 4.78 is 1.75. The molecule has 0 aliphatic rings. The zero-order chi connectivity index (χ0) is 11.3. The molecule has 1 rings (SSSR count). The third-order valence-corrected chi connectivity index (χ3v) is 2.23. The van der Waals surface area contributed by atoms with E-state index in [0.29, 0.717) is 0 Å². The maximum atomic E-state index is 11.1. The van der Waals surface area contributed by atoms with Crippen LogP contribution in [0.25, 0.3) is 0 Å². The first-order valence-corrected chi connectivity index (χ1v) is 5.08. The van der Waals surface area contributed by atoms with Crippen LogP contribution in [0.1, 0.15) is 36.5 Å². The number of unbranched alkanes of at least 4 members (excludes halogenated alkanes) is 2. The summed E-state index contributed by atoms with van der Waals surface area (Å²) in [5.41, 5.74) is -0.594. The summed E-state index contributed by atoms with van der Waals surface area (Å²) in [4.78, 5) is 21.8. The molecule has 0 saturated heterocycles. The van der Waals surface area contributed by atoms with E-state index in [1.54, 1.807) is 10.8 Å². The third-order valence-electron chi connectivity index (χ3n) is 2.23. The number of aromatic nitrogens is 1. The van der Waals surface area contributed by atoms with Gasteiger partial charge in [0.05, 0.1) is 0 Å². The fraction of sp³-hybridized carbons (Fsp3) is 0.455. The van der Waals surface area contributed by atoms with E-state index >= 15 is 0 Å². The van der Waals surface area contributed by atoms with E-state index in [4.69, 9.17) is 5.11 Å². The van der Waals surface area contributed by atoms with E-state index in [1.807, 2.05) is 0 Å². The summed E-state index contributed by atoms with van der Waals surface area (Å²) in [5.74, 6) is -1.16. The fourth-order valence-corrected chi connectivity index (χ4v) is 1.37. The Balaban J connectivity index is 2.79. The largest absolute Gasteiger partial charge is 0.477 e. The van der Waals surface area contributed by atoms with E-state index in [-0.39, 0.29) is 5.56 Å². The van der Waals surface area contributed by atoms with Crippen molar-refractivity contribution in [3.63, 3.8) is 0 Å². The Morgan fingerprint density at radius 2 is 2.20 bits per heavy atom. The number of aromatic carboxylic acids is 1. The molecule has 0 aromatic carbocycles. The van der Waals surface area contributed by atoms with Gasteiger partial charge in [-0.15, -0.1) is 0 Å². The van der Waals surface area contributed by atoms with Crippen LogP contribution < -0.4 is 5.43 Å². The summed E-state index contributed by atoms with van der Waals surface area (Å²) in [6.45, 7) is 2.86. The minimum atomic E-state index is -1.16. The highest BCUT2D eigenvalue weighted by Gasteiger charge is 2.07. The van der Waals surface area contributed by atoms with Crippen molar-refractivity contribution in [2.75, 3.05) is 0 Å². The van der Waals surface area contributed by atoms with Gasteiger partial charge < -0.3 is 9.67 Å². The lowest BCUT2D eigenvalue weighted by Gasteiger charge is -2.05. The van der Waals surface area contributed by atoms with Crippen LogP contribution in [0.15, 0.2) is 23.3 Å². The molecule has 0 aliphatic carbocycles. The molecule has 0 spiro atoms. The average Bonchev–Trinajstić information content (AvgIpc) is 2.20. The van der Waals surface area contributed by atoms with Crippen LogP contribution in [0.2, 0.25) is 0 Å². The smallest absolute Gasteiger partial charge is 0.341 e. The summed E-state index contributed by atoms with van der Waals surface area (Å²) in [7, 11) is 0. The van der Waals surface area contributed by atoms with E-state index in [0.717, 1.165) is 25.8 Å². The Bertz CT molecular complexity index is 395. The molecule has 15 heavy (non-hydrogen) atoms. The molecule has 1 N–H and O–H groups in total. The summed E-state index contributed by atoms with van der Waals surface area (Å²) in [6.07, 6.45) is 6.25. The highest BCUT2D eigenvalue weighted by molar-refractivity contribution is 5.86. The molecule has 0 fully saturated rings. The number of hydrogen-bond acceptors (Lipinski definition) is 2. The minimum absolute atomic E-state index is 0.158. The molecule has 0 saturated carbocycles. The SMILES string of the molecule is CCCCCn1ccc(=O)c(C(=O)O)c1. The van der Waals surface area contributed by atoms with Crippen molar-refractivity contribution in [2.24, 2.45) is 0 Å². The lowest BCUT2D eigenvalue weighted by molar-refractivity contribution is 0.0694. The second kappa shape index (κ2) is 5.34. The van der Waals surface area contributed by atoms with Crippen LogP contribution in [-0.2, 0) is 6.54 Å². The van der Waals surface area contributed by atoms with E-state index in [2.05, 4.69) is 6.92 Å². The first kappa shape index (κ1) is 11.5. The highest BCUT2D eigenvalue weighted by Crippen LogP contribution is 1.99. The molecule has 1 aromatic rings. The number of hydrogen-bond donors (Lipinski definition) is 1. The third kappa shape index (κ3) is 3.23. The standard InChI is InChI=1S/C11H15NO3/c1-2-3-4-6-12-7-5-10(13)9(8-12)11(14)15/h5,7-8H,2-4,6H2,1H3,(H,14,15). The van der Waals surface area contributed by atoms with Crippen molar-refractivity contribution in [2.45, 2.75) is 32.7 Å². The molecule has 0 radical (unpaired) electrons. The molecule has 0 atom stereocenters.